The molecule has 1 saturated heterocycles. The fourth-order valence-electron chi connectivity index (χ4n) is 1.90. The molecule has 0 aromatic heterocycles. The fraction of sp³-hybridized carbons (Fsp3) is 0.900. The van der Waals surface area contributed by atoms with E-state index in [9.17, 15) is 13.2 Å². The van der Waals surface area contributed by atoms with Gasteiger partial charge < -0.3 is 15.2 Å². The van der Waals surface area contributed by atoms with Crippen molar-refractivity contribution in [3.63, 3.8) is 0 Å². The average Bonchev–Trinajstić information content (AvgIpc) is 3.11. The lowest BCUT2D eigenvalue weighted by molar-refractivity contribution is -0.127. The highest BCUT2D eigenvalue weighted by Gasteiger charge is 2.39. The molecule has 104 valence electrons. The Labute approximate surface area is 106 Å². The van der Waals surface area contributed by atoms with Crippen LogP contribution in [-0.4, -0.2) is 51.5 Å². The fourth-order valence-corrected chi connectivity index (χ4v) is 3.49. The summed E-state index contributed by atoms with van der Waals surface area (Å²) in [6, 6.07) is -0.441. The van der Waals surface area contributed by atoms with Gasteiger partial charge in [-0.15, -0.1) is 0 Å². The van der Waals surface area contributed by atoms with Gasteiger partial charge in [-0.1, -0.05) is 0 Å². The van der Waals surface area contributed by atoms with E-state index < -0.39 is 22.0 Å². The van der Waals surface area contributed by atoms with E-state index in [1.807, 2.05) is 0 Å². The third-order valence-electron chi connectivity index (χ3n) is 3.01. The molecule has 2 atom stereocenters. The third kappa shape index (κ3) is 3.64. The quantitative estimate of drug-likeness (QED) is 0.629. The van der Waals surface area contributed by atoms with Gasteiger partial charge in [0.15, 0.2) is 0 Å². The monoisotopic (exact) mass is 278 g/mol. The van der Waals surface area contributed by atoms with Crippen LogP contribution in [-0.2, 0) is 24.3 Å². The normalized spacial score (nSPS) is 29.1. The maximum atomic E-state index is 11.8. The highest BCUT2D eigenvalue weighted by atomic mass is 32.2. The van der Waals surface area contributed by atoms with E-state index in [0.29, 0.717) is 25.9 Å². The van der Waals surface area contributed by atoms with Crippen LogP contribution >= 0.6 is 0 Å². The number of nitrogens with two attached hydrogens (primary N) is 1. The van der Waals surface area contributed by atoms with Crippen molar-refractivity contribution >= 4 is 15.9 Å². The van der Waals surface area contributed by atoms with Gasteiger partial charge in [-0.25, -0.2) is 13.1 Å². The first-order valence-corrected chi connectivity index (χ1v) is 7.52. The summed E-state index contributed by atoms with van der Waals surface area (Å²) in [5.74, 6) is -0.565. The van der Waals surface area contributed by atoms with Gasteiger partial charge in [0.05, 0.1) is 24.0 Å². The smallest absolute Gasteiger partial charge is 0.243 e. The predicted octanol–water partition coefficient (Wildman–Crippen LogP) is -1.27. The van der Waals surface area contributed by atoms with Gasteiger partial charge in [0.25, 0.3) is 0 Å². The molecule has 0 aromatic rings. The molecule has 1 heterocycles. The number of sulfonamides is 1. The molecule has 0 spiro atoms. The zero-order valence-corrected chi connectivity index (χ0v) is 10.8. The summed E-state index contributed by atoms with van der Waals surface area (Å²) in [5.41, 5.74) is 5.01. The van der Waals surface area contributed by atoms with Gasteiger partial charge in [0, 0.05) is 6.61 Å². The van der Waals surface area contributed by atoms with E-state index in [1.54, 1.807) is 0 Å². The molecule has 1 saturated carbocycles. The molecular weight excluding hydrogens is 260 g/mol. The van der Waals surface area contributed by atoms with Crippen LogP contribution in [0.15, 0.2) is 0 Å². The molecule has 18 heavy (non-hydrogen) atoms. The number of carbonyl (C=O) groups is 1. The van der Waals surface area contributed by atoms with Crippen LogP contribution in [0, 0.1) is 0 Å². The molecule has 8 heteroatoms. The molecule has 2 aliphatic rings. The van der Waals surface area contributed by atoms with Crippen molar-refractivity contribution < 1.29 is 22.7 Å². The highest BCUT2D eigenvalue weighted by molar-refractivity contribution is 7.90. The highest BCUT2D eigenvalue weighted by Crippen LogP contribution is 2.28. The van der Waals surface area contributed by atoms with E-state index in [2.05, 4.69) is 4.72 Å². The number of hydrogen-bond donors (Lipinski definition) is 2. The molecule has 1 amide bonds. The number of amides is 1. The van der Waals surface area contributed by atoms with E-state index in [0.717, 1.165) is 0 Å². The van der Waals surface area contributed by atoms with Crippen molar-refractivity contribution in [1.29, 1.82) is 0 Å². The Kier molecular flexibility index (Phi) is 4.21. The predicted molar refractivity (Wildman–Crippen MR) is 63.2 cm³/mol. The molecular formula is C10H18N2O5S. The molecule has 1 aliphatic carbocycles. The Bertz CT molecular complexity index is 406. The Hall–Kier alpha value is -0.700. The second-order valence-corrected chi connectivity index (χ2v) is 6.64. The first-order chi connectivity index (χ1) is 8.49. The summed E-state index contributed by atoms with van der Waals surface area (Å²) in [6.45, 7) is 0.548. The zero-order valence-electron chi connectivity index (χ0n) is 10.0. The number of primary amides is 1. The van der Waals surface area contributed by atoms with Crippen LogP contribution in [0.25, 0.3) is 0 Å². The maximum absolute atomic E-state index is 11.8. The van der Waals surface area contributed by atoms with E-state index in [1.165, 1.54) is 0 Å². The number of hydrogen-bond acceptors (Lipinski definition) is 5. The second kappa shape index (κ2) is 5.52. The van der Waals surface area contributed by atoms with Crippen molar-refractivity contribution in [2.75, 3.05) is 19.8 Å². The summed E-state index contributed by atoms with van der Waals surface area (Å²) in [6.07, 6.45) is 1.59. The zero-order chi connectivity index (χ0) is 13.2. The second-order valence-electron chi connectivity index (χ2n) is 4.65. The minimum absolute atomic E-state index is 0.202. The third-order valence-corrected chi connectivity index (χ3v) is 4.99. The standard InChI is InChI=1S/C10H18N2O5S/c11-10(13)6-17-9-3-4-16-5-8(9)12-18(14,15)7-1-2-7/h7-9,12H,1-6H2,(H2,11,13)/t8-,9+/m0/s1. The Morgan fingerprint density at radius 2 is 2.11 bits per heavy atom. The molecule has 0 aromatic carbocycles. The molecule has 2 rings (SSSR count). The topological polar surface area (TPSA) is 108 Å². The summed E-state index contributed by atoms with van der Waals surface area (Å²) >= 11 is 0. The molecule has 0 radical (unpaired) electrons. The summed E-state index contributed by atoms with van der Waals surface area (Å²) in [7, 11) is -3.28. The molecule has 3 N–H and O–H groups in total. The number of rotatable bonds is 6. The minimum atomic E-state index is -3.28. The SMILES string of the molecule is NC(=O)CO[C@@H]1CCOC[C@@H]1NS(=O)(=O)C1CC1. The number of ether oxygens (including phenoxy) is 2. The van der Waals surface area contributed by atoms with Crippen LogP contribution in [0.2, 0.25) is 0 Å². The Balaban J connectivity index is 1.92. The van der Waals surface area contributed by atoms with Crippen LogP contribution in [0.3, 0.4) is 0 Å². The van der Waals surface area contributed by atoms with Gasteiger partial charge in [0.1, 0.15) is 6.61 Å². The Morgan fingerprint density at radius 3 is 2.72 bits per heavy atom. The lowest BCUT2D eigenvalue weighted by Crippen LogP contribution is -2.51. The van der Waals surface area contributed by atoms with Crippen LogP contribution in [0.1, 0.15) is 19.3 Å². The van der Waals surface area contributed by atoms with Gasteiger partial charge in [-0.3, -0.25) is 4.79 Å². The summed E-state index contributed by atoms with van der Waals surface area (Å²) < 4.78 is 36.8. The Morgan fingerprint density at radius 1 is 1.39 bits per heavy atom. The molecule has 1 aliphatic heterocycles. The van der Waals surface area contributed by atoms with Crippen molar-refractivity contribution in [3.05, 3.63) is 0 Å². The van der Waals surface area contributed by atoms with Crippen molar-refractivity contribution in [3.8, 4) is 0 Å². The molecule has 0 unspecified atom stereocenters. The minimum Gasteiger partial charge on any atom is -0.380 e. The van der Waals surface area contributed by atoms with Crippen molar-refractivity contribution in [2.24, 2.45) is 5.73 Å². The molecule has 7 nitrogen and oxygen atoms in total. The lowest BCUT2D eigenvalue weighted by Gasteiger charge is -2.31. The molecule has 2 fully saturated rings. The van der Waals surface area contributed by atoms with Gasteiger partial charge in [-0.05, 0) is 19.3 Å². The first-order valence-electron chi connectivity index (χ1n) is 5.98. The largest absolute Gasteiger partial charge is 0.380 e. The van der Waals surface area contributed by atoms with Crippen molar-refractivity contribution in [1.82, 2.24) is 4.72 Å². The lowest BCUT2D eigenvalue weighted by atomic mass is 10.1. The van der Waals surface area contributed by atoms with E-state index in [-0.39, 0.29) is 24.6 Å². The van der Waals surface area contributed by atoms with Crippen LogP contribution in [0.4, 0.5) is 0 Å². The number of carbonyl (C=O) groups excluding carboxylic acids is 1. The van der Waals surface area contributed by atoms with Crippen LogP contribution in [0.5, 0.6) is 0 Å². The average molecular weight is 278 g/mol. The number of nitrogens with one attached hydrogen (secondary N) is 1. The first kappa shape index (κ1) is 13.7. The molecule has 0 bridgehead atoms. The van der Waals surface area contributed by atoms with E-state index >= 15 is 0 Å². The summed E-state index contributed by atoms with van der Waals surface area (Å²) in [4.78, 5) is 10.7. The van der Waals surface area contributed by atoms with E-state index in [4.69, 9.17) is 15.2 Å². The summed E-state index contributed by atoms with van der Waals surface area (Å²) in [5, 5.41) is -0.281. The van der Waals surface area contributed by atoms with Gasteiger partial charge in [-0.2, -0.15) is 0 Å². The van der Waals surface area contributed by atoms with Gasteiger partial charge in [0.2, 0.25) is 15.9 Å². The maximum Gasteiger partial charge on any atom is 0.243 e. The van der Waals surface area contributed by atoms with Crippen molar-refractivity contribution in [2.45, 2.75) is 36.7 Å². The van der Waals surface area contributed by atoms with Gasteiger partial charge >= 0.3 is 0 Å². The van der Waals surface area contributed by atoms with Crippen LogP contribution < -0.4 is 10.5 Å².